The van der Waals surface area contributed by atoms with E-state index in [1.165, 1.54) is 6.20 Å². The number of amides is 1. The van der Waals surface area contributed by atoms with Gasteiger partial charge >= 0.3 is 10.5 Å². The molecule has 2 rings (SSSR count). The largest absolute Gasteiger partial charge is 0.488 e. The molecule has 1 aliphatic heterocycles. The number of rotatable bonds is 4. The maximum absolute atomic E-state index is 12.5. The quantitative estimate of drug-likeness (QED) is 0.770. The number of aromatic nitrogens is 1. The standard InChI is InChI=1S/C13H17FN2O5S/c1-2-10-8-16(3-4-20-9-10)13(17)11-5-12(7-15-6-11)21-22(14,18)19/h5-7,10H,2-4,8-9H2,1H3. The molecule has 22 heavy (non-hydrogen) atoms. The highest BCUT2D eigenvalue weighted by Crippen LogP contribution is 2.18. The third-order valence-electron chi connectivity index (χ3n) is 3.36. The van der Waals surface area contributed by atoms with Crippen molar-refractivity contribution in [1.29, 1.82) is 0 Å². The third-order valence-corrected chi connectivity index (χ3v) is 3.75. The van der Waals surface area contributed by atoms with Crippen LogP contribution in [0.3, 0.4) is 0 Å². The first-order valence-corrected chi connectivity index (χ1v) is 8.16. The number of carbonyl (C=O) groups excluding carboxylic acids is 1. The zero-order valence-electron chi connectivity index (χ0n) is 12.1. The van der Waals surface area contributed by atoms with Crippen molar-refractivity contribution < 1.29 is 26.0 Å². The minimum Gasteiger partial charge on any atom is -0.379 e. The minimum atomic E-state index is -5.15. The summed E-state index contributed by atoms with van der Waals surface area (Å²) >= 11 is 0. The molecule has 1 saturated heterocycles. The first kappa shape index (κ1) is 16.6. The molecule has 0 aliphatic carbocycles. The topological polar surface area (TPSA) is 85.8 Å². The predicted octanol–water partition coefficient (Wildman–Crippen LogP) is 1.17. The lowest BCUT2D eigenvalue weighted by Gasteiger charge is -2.23. The van der Waals surface area contributed by atoms with Gasteiger partial charge in [0.1, 0.15) is 0 Å². The molecule has 0 N–H and O–H groups in total. The van der Waals surface area contributed by atoms with Crippen LogP contribution < -0.4 is 4.18 Å². The number of nitrogens with zero attached hydrogens (tertiary/aromatic N) is 2. The lowest BCUT2D eigenvalue weighted by atomic mass is 10.1. The van der Waals surface area contributed by atoms with Crippen molar-refractivity contribution in [3.63, 3.8) is 0 Å². The van der Waals surface area contributed by atoms with Gasteiger partial charge in [0.15, 0.2) is 5.75 Å². The Morgan fingerprint density at radius 3 is 3.00 bits per heavy atom. The van der Waals surface area contributed by atoms with Crippen LogP contribution in [-0.2, 0) is 15.2 Å². The molecule has 1 aromatic rings. The normalized spacial score (nSPS) is 19.5. The summed E-state index contributed by atoms with van der Waals surface area (Å²) in [5.41, 5.74) is 0.137. The number of ether oxygens (including phenoxy) is 1. The van der Waals surface area contributed by atoms with Crippen LogP contribution in [0.1, 0.15) is 23.7 Å². The highest BCUT2D eigenvalue weighted by molar-refractivity contribution is 7.81. The lowest BCUT2D eigenvalue weighted by molar-refractivity contribution is 0.0736. The Kier molecular flexibility index (Phi) is 5.30. The highest BCUT2D eigenvalue weighted by Gasteiger charge is 2.23. The second-order valence-electron chi connectivity index (χ2n) is 4.99. The smallest absolute Gasteiger partial charge is 0.379 e. The van der Waals surface area contributed by atoms with Gasteiger partial charge in [-0.2, -0.15) is 8.42 Å². The van der Waals surface area contributed by atoms with Gasteiger partial charge in [0.25, 0.3) is 5.91 Å². The summed E-state index contributed by atoms with van der Waals surface area (Å²) in [7, 11) is -5.15. The van der Waals surface area contributed by atoms with Gasteiger partial charge in [-0.1, -0.05) is 10.8 Å². The van der Waals surface area contributed by atoms with Gasteiger partial charge in [-0.05, 0) is 18.4 Å². The van der Waals surface area contributed by atoms with Gasteiger partial charge in [-0.3, -0.25) is 9.78 Å². The summed E-state index contributed by atoms with van der Waals surface area (Å²) < 4.78 is 43.0. The first-order valence-electron chi connectivity index (χ1n) is 6.85. The molecule has 1 fully saturated rings. The highest BCUT2D eigenvalue weighted by atomic mass is 32.3. The number of hydrogen-bond acceptors (Lipinski definition) is 6. The Labute approximate surface area is 128 Å². The number of halogens is 1. The molecule has 9 heteroatoms. The molecule has 1 unspecified atom stereocenters. The lowest BCUT2D eigenvalue weighted by Crippen LogP contribution is -2.35. The molecule has 0 aromatic carbocycles. The monoisotopic (exact) mass is 332 g/mol. The Hall–Kier alpha value is -1.74. The first-order chi connectivity index (χ1) is 10.4. The van der Waals surface area contributed by atoms with Crippen molar-refractivity contribution >= 4 is 16.4 Å². The summed E-state index contributed by atoms with van der Waals surface area (Å²) in [6.07, 6.45) is 3.19. The molecular formula is C13H17FN2O5S. The molecule has 1 aliphatic rings. The molecule has 122 valence electrons. The summed E-state index contributed by atoms with van der Waals surface area (Å²) in [5, 5.41) is 0. The second kappa shape index (κ2) is 7.01. The van der Waals surface area contributed by atoms with E-state index in [2.05, 4.69) is 9.17 Å². The van der Waals surface area contributed by atoms with Gasteiger partial charge in [-0.25, -0.2) is 0 Å². The van der Waals surface area contributed by atoms with Gasteiger partial charge in [0, 0.05) is 19.3 Å². The maximum Gasteiger partial charge on any atom is 0.488 e. The van der Waals surface area contributed by atoms with Crippen LogP contribution in [0, 0.1) is 5.92 Å². The van der Waals surface area contributed by atoms with E-state index in [4.69, 9.17) is 4.74 Å². The van der Waals surface area contributed by atoms with E-state index >= 15 is 0 Å². The average molecular weight is 332 g/mol. The third kappa shape index (κ3) is 4.63. The Bertz CT molecular complexity index is 637. The molecule has 0 bridgehead atoms. The van der Waals surface area contributed by atoms with E-state index in [-0.39, 0.29) is 23.1 Å². The molecule has 1 amide bonds. The van der Waals surface area contributed by atoms with Crippen LogP contribution in [-0.4, -0.2) is 50.5 Å². The summed E-state index contributed by atoms with van der Waals surface area (Å²) in [6.45, 7) is 4.03. The van der Waals surface area contributed by atoms with Crippen molar-refractivity contribution in [2.75, 3.05) is 26.3 Å². The molecule has 1 aromatic heterocycles. The van der Waals surface area contributed by atoms with Crippen LogP contribution in [0.25, 0.3) is 0 Å². The van der Waals surface area contributed by atoms with E-state index in [9.17, 15) is 17.1 Å². The van der Waals surface area contributed by atoms with Gasteiger partial charge < -0.3 is 13.8 Å². The fraction of sp³-hybridized carbons (Fsp3) is 0.538. The molecule has 7 nitrogen and oxygen atoms in total. The average Bonchev–Trinajstić information content (AvgIpc) is 2.70. The SMILES string of the molecule is CCC1COCCN(C(=O)c2cncc(OS(=O)(=O)F)c2)C1. The fourth-order valence-electron chi connectivity index (χ4n) is 2.19. The van der Waals surface area contributed by atoms with E-state index in [0.29, 0.717) is 26.3 Å². The Balaban J connectivity index is 2.16. The Morgan fingerprint density at radius 2 is 2.32 bits per heavy atom. The van der Waals surface area contributed by atoms with Crippen molar-refractivity contribution in [3.8, 4) is 5.75 Å². The zero-order valence-corrected chi connectivity index (χ0v) is 12.9. The summed E-state index contributed by atoms with van der Waals surface area (Å²) in [6, 6.07) is 1.15. The minimum absolute atomic E-state index is 0.137. The number of hydrogen-bond donors (Lipinski definition) is 0. The van der Waals surface area contributed by atoms with Gasteiger partial charge in [-0.15, -0.1) is 0 Å². The Morgan fingerprint density at radius 1 is 1.55 bits per heavy atom. The summed E-state index contributed by atoms with van der Waals surface area (Å²) in [5.74, 6) is -0.422. The molecule has 0 radical (unpaired) electrons. The molecule has 0 spiro atoms. The number of pyridine rings is 1. The second-order valence-corrected chi connectivity index (χ2v) is 5.94. The number of carbonyl (C=O) groups is 1. The van der Waals surface area contributed by atoms with Crippen molar-refractivity contribution in [1.82, 2.24) is 9.88 Å². The van der Waals surface area contributed by atoms with Crippen LogP contribution in [0.2, 0.25) is 0 Å². The van der Waals surface area contributed by atoms with Gasteiger partial charge in [0.05, 0.1) is 25.0 Å². The van der Waals surface area contributed by atoms with Crippen LogP contribution in [0.15, 0.2) is 18.5 Å². The molecule has 1 atom stereocenters. The molecule has 0 saturated carbocycles. The van der Waals surface area contributed by atoms with E-state index in [1.807, 2.05) is 6.92 Å². The van der Waals surface area contributed by atoms with Crippen molar-refractivity contribution in [2.45, 2.75) is 13.3 Å². The van der Waals surface area contributed by atoms with Crippen LogP contribution >= 0.6 is 0 Å². The van der Waals surface area contributed by atoms with Crippen LogP contribution in [0.4, 0.5) is 3.89 Å². The van der Waals surface area contributed by atoms with Crippen LogP contribution in [0.5, 0.6) is 5.75 Å². The predicted molar refractivity (Wildman–Crippen MR) is 75.4 cm³/mol. The van der Waals surface area contributed by atoms with Crippen molar-refractivity contribution in [3.05, 3.63) is 24.0 Å². The molecule has 2 heterocycles. The fourth-order valence-corrected chi connectivity index (χ4v) is 2.51. The van der Waals surface area contributed by atoms with E-state index in [0.717, 1.165) is 18.7 Å². The zero-order chi connectivity index (χ0) is 16.2. The van der Waals surface area contributed by atoms with E-state index in [1.54, 1.807) is 4.90 Å². The molecular weight excluding hydrogens is 315 g/mol. The summed E-state index contributed by atoms with van der Waals surface area (Å²) in [4.78, 5) is 17.8. The van der Waals surface area contributed by atoms with Crippen molar-refractivity contribution in [2.24, 2.45) is 5.92 Å². The maximum atomic E-state index is 12.5. The van der Waals surface area contributed by atoms with Gasteiger partial charge in [0.2, 0.25) is 0 Å². The van der Waals surface area contributed by atoms with E-state index < -0.39 is 10.5 Å².